The minimum Gasteiger partial charge on any atom is -0.457 e. The Hall–Kier alpha value is -1.74. The van der Waals surface area contributed by atoms with E-state index in [4.69, 9.17) is 9.39 Å². The Bertz CT molecular complexity index is 497. The van der Waals surface area contributed by atoms with Crippen molar-refractivity contribution in [3.8, 4) is 11.5 Å². The first-order valence-corrected chi connectivity index (χ1v) is 5.22. The Morgan fingerprint density at radius 2 is 1.88 bits per heavy atom. The van der Waals surface area contributed by atoms with Gasteiger partial charge in [0.25, 0.3) is 0 Å². The predicted molar refractivity (Wildman–Crippen MR) is 63.1 cm³/mol. The molecule has 0 unspecified atom stereocenters. The normalized spacial score (nSPS) is 13.0. The molecule has 3 heteroatoms. The summed E-state index contributed by atoms with van der Waals surface area (Å²) in [6.45, 7) is 0.640. The zero-order chi connectivity index (χ0) is 10.8. The molecular formula is C13H10BO2. The third-order valence-electron chi connectivity index (χ3n) is 2.54. The van der Waals surface area contributed by atoms with Gasteiger partial charge in [-0.3, -0.25) is 0 Å². The molecule has 0 N–H and O–H groups in total. The second-order valence-corrected chi connectivity index (χ2v) is 3.70. The topological polar surface area (TPSA) is 18.5 Å². The molecule has 0 fully saturated rings. The Morgan fingerprint density at radius 1 is 1.00 bits per heavy atom. The molecule has 0 saturated heterocycles. The van der Waals surface area contributed by atoms with Crippen LogP contribution in [0.3, 0.4) is 0 Å². The molecule has 1 aliphatic heterocycles. The van der Waals surface area contributed by atoms with E-state index in [1.807, 2.05) is 48.5 Å². The fourth-order valence-corrected chi connectivity index (χ4v) is 1.73. The lowest BCUT2D eigenvalue weighted by atomic mass is 9.87. The van der Waals surface area contributed by atoms with Crippen molar-refractivity contribution < 1.29 is 9.39 Å². The zero-order valence-corrected chi connectivity index (χ0v) is 8.72. The summed E-state index contributed by atoms with van der Waals surface area (Å²) in [6.07, 6.45) is 0. The summed E-state index contributed by atoms with van der Waals surface area (Å²) < 4.78 is 11.0. The van der Waals surface area contributed by atoms with Crippen molar-refractivity contribution in [1.82, 2.24) is 0 Å². The van der Waals surface area contributed by atoms with Crippen LogP contribution in [0, 0.1) is 0 Å². The lowest BCUT2D eigenvalue weighted by Gasteiger charge is -2.06. The number of hydrogen-bond donors (Lipinski definition) is 0. The highest BCUT2D eigenvalue weighted by Gasteiger charge is 2.13. The third-order valence-corrected chi connectivity index (χ3v) is 2.54. The molecule has 0 aromatic heterocycles. The summed E-state index contributed by atoms with van der Waals surface area (Å²) in [5, 5.41) is 0. The van der Waals surface area contributed by atoms with Crippen molar-refractivity contribution in [3.63, 3.8) is 0 Å². The second-order valence-electron chi connectivity index (χ2n) is 3.70. The molecule has 77 valence electrons. The SMILES string of the molecule is [B]1OCc2cc(Oc3ccccc3)ccc21. The Kier molecular flexibility index (Phi) is 2.39. The maximum Gasteiger partial charge on any atom is 0.330 e. The molecule has 2 aromatic carbocycles. The largest absolute Gasteiger partial charge is 0.457 e. The summed E-state index contributed by atoms with van der Waals surface area (Å²) in [4.78, 5) is 0. The maximum atomic E-state index is 5.73. The summed E-state index contributed by atoms with van der Waals surface area (Å²) in [5.41, 5.74) is 2.31. The number of ether oxygens (including phenoxy) is 1. The van der Waals surface area contributed by atoms with E-state index < -0.39 is 0 Å². The van der Waals surface area contributed by atoms with E-state index in [1.165, 1.54) is 5.56 Å². The Balaban J connectivity index is 1.86. The Labute approximate surface area is 95.1 Å². The Morgan fingerprint density at radius 3 is 2.75 bits per heavy atom. The van der Waals surface area contributed by atoms with Gasteiger partial charge in [0.15, 0.2) is 0 Å². The van der Waals surface area contributed by atoms with E-state index >= 15 is 0 Å². The number of para-hydroxylation sites is 1. The van der Waals surface area contributed by atoms with Gasteiger partial charge in [-0.1, -0.05) is 24.3 Å². The smallest absolute Gasteiger partial charge is 0.330 e. The number of rotatable bonds is 2. The van der Waals surface area contributed by atoms with Crippen LogP contribution in [0.15, 0.2) is 48.5 Å². The fraction of sp³-hybridized carbons (Fsp3) is 0.0769. The van der Waals surface area contributed by atoms with E-state index in [9.17, 15) is 0 Å². The van der Waals surface area contributed by atoms with Gasteiger partial charge >= 0.3 is 7.48 Å². The molecule has 0 saturated carbocycles. The molecule has 0 aliphatic carbocycles. The van der Waals surface area contributed by atoms with E-state index in [0.29, 0.717) is 6.61 Å². The standard InChI is InChI=1S/C13H10BO2/c1-2-4-11(5-3-1)16-12-6-7-13-10(8-12)9-15-14-13/h1-8H,9H2. The summed E-state index contributed by atoms with van der Waals surface area (Å²) in [5.74, 6) is 1.70. The number of fused-ring (bicyclic) bond motifs is 1. The molecule has 1 heterocycles. The van der Waals surface area contributed by atoms with Gasteiger partial charge < -0.3 is 9.39 Å². The van der Waals surface area contributed by atoms with E-state index in [2.05, 4.69) is 0 Å². The van der Waals surface area contributed by atoms with Crippen molar-refractivity contribution >= 4 is 12.9 Å². The number of benzene rings is 2. The first-order chi connectivity index (χ1) is 7.92. The van der Waals surface area contributed by atoms with Crippen molar-refractivity contribution in [1.29, 1.82) is 0 Å². The van der Waals surface area contributed by atoms with Crippen molar-refractivity contribution in [2.45, 2.75) is 6.61 Å². The highest BCUT2D eigenvalue weighted by molar-refractivity contribution is 6.48. The molecule has 16 heavy (non-hydrogen) atoms. The molecule has 3 rings (SSSR count). The van der Waals surface area contributed by atoms with Crippen LogP contribution in [-0.2, 0) is 11.3 Å². The molecule has 2 nitrogen and oxygen atoms in total. The lowest BCUT2D eigenvalue weighted by molar-refractivity contribution is 0.344. The first kappa shape index (κ1) is 9.49. The van der Waals surface area contributed by atoms with Crippen molar-refractivity contribution in [3.05, 3.63) is 54.1 Å². The summed E-state index contributed by atoms with van der Waals surface area (Å²) >= 11 is 0. The van der Waals surface area contributed by atoms with Crippen molar-refractivity contribution in [2.24, 2.45) is 0 Å². The van der Waals surface area contributed by atoms with Gasteiger partial charge in [0.2, 0.25) is 0 Å². The first-order valence-electron chi connectivity index (χ1n) is 5.22. The molecule has 0 bridgehead atoms. The number of hydrogen-bond acceptors (Lipinski definition) is 2. The average Bonchev–Trinajstić information content (AvgIpc) is 2.77. The minimum atomic E-state index is 0.640. The molecule has 1 aliphatic rings. The molecule has 1 radical (unpaired) electrons. The van der Waals surface area contributed by atoms with Gasteiger partial charge in [-0.05, 0) is 35.3 Å². The lowest BCUT2D eigenvalue weighted by Crippen LogP contribution is -2.10. The second kappa shape index (κ2) is 4.03. The van der Waals surface area contributed by atoms with Gasteiger partial charge in [-0.15, -0.1) is 0 Å². The van der Waals surface area contributed by atoms with E-state index in [0.717, 1.165) is 17.0 Å². The van der Waals surface area contributed by atoms with Crippen LogP contribution in [0.1, 0.15) is 5.56 Å². The third kappa shape index (κ3) is 1.82. The quantitative estimate of drug-likeness (QED) is 0.706. The highest BCUT2D eigenvalue weighted by Crippen LogP contribution is 2.22. The van der Waals surface area contributed by atoms with Gasteiger partial charge in [0, 0.05) is 0 Å². The van der Waals surface area contributed by atoms with Crippen molar-refractivity contribution in [2.75, 3.05) is 0 Å². The minimum absolute atomic E-state index is 0.640. The van der Waals surface area contributed by atoms with Crippen LogP contribution in [0.4, 0.5) is 0 Å². The van der Waals surface area contributed by atoms with E-state index in [-0.39, 0.29) is 0 Å². The van der Waals surface area contributed by atoms with Crippen LogP contribution in [0.25, 0.3) is 0 Å². The fourth-order valence-electron chi connectivity index (χ4n) is 1.73. The van der Waals surface area contributed by atoms with E-state index in [1.54, 1.807) is 7.48 Å². The average molecular weight is 209 g/mol. The zero-order valence-electron chi connectivity index (χ0n) is 8.72. The molecular weight excluding hydrogens is 199 g/mol. The van der Waals surface area contributed by atoms with Crippen LogP contribution in [-0.4, -0.2) is 7.48 Å². The monoisotopic (exact) mass is 209 g/mol. The molecule has 0 atom stereocenters. The van der Waals surface area contributed by atoms with Gasteiger partial charge in [-0.25, -0.2) is 0 Å². The maximum absolute atomic E-state index is 5.73. The van der Waals surface area contributed by atoms with Crippen LogP contribution >= 0.6 is 0 Å². The van der Waals surface area contributed by atoms with Crippen LogP contribution < -0.4 is 10.2 Å². The van der Waals surface area contributed by atoms with Gasteiger partial charge in [0.05, 0.1) is 6.61 Å². The highest BCUT2D eigenvalue weighted by atomic mass is 16.5. The van der Waals surface area contributed by atoms with Crippen LogP contribution in [0.5, 0.6) is 11.5 Å². The predicted octanol–water partition coefficient (Wildman–Crippen LogP) is 2.25. The molecule has 2 aromatic rings. The van der Waals surface area contributed by atoms with Gasteiger partial charge in [-0.2, -0.15) is 0 Å². The molecule has 0 spiro atoms. The van der Waals surface area contributed by atoms with Crippen LogP contribution in [0.2, 0.25) is 0 Å². The summed E-state index contributed by atoms with van der Waals surface area (Å²) in [7, 11) is 1.78. The summed E-state index contributed by atoms with van der Waals surface area (Å²) in [6, 6.07) is 15.8. The van der Waals surface area contributed by atoms with Gasteiger partial charge in [0.1, 0.15) is 11.5 Å². The molecule has 0 amide bonds.